The Morgan fingerprint density at radius 2 is 1.86 bits per heavy atom. The van der Waals surface area contributed by atoms with E-state index in [-0.39, 0.29) is 11.6 Å². The van der Waals surface area contributed by atoms with Crippen molar-refractivity contribution < 1.29 is 9.13 Å². The first kappa shape index (κ1) is 15.4. The smallest absolute Gasteiger partial charge is 0.165 e. The molecular formula is C16H20FN3O. The summed E-state index contributed by atoms with van der Waals surface area (Å²) in [7, 11) is 3.37. The molecule has 0 unspecified atom stereocenters. The highest BCUT2D eigenvalue weighted by molar-refractivity contribution is 5.58. The molecule has 0 fully saturated rings. The van der Waals surface area contributed by atoms with Gasteiger partial charge in [-0.2, -0.15) is 0 Å². The van der Waals surface area contributed by atoms with E-state index >= 15 is 0 Å². The second-order valence-electron chi connectivity index (χ2n) is 4.90. The molecule has 0 saturated carbocycles. The van der Waals surface area contributed by atoms with Gasteiger partial charge in [-0.3, -0.25) is 0 Å². The Hall–Kier alpha value is -2.01. The Morgan fingerprint density at radius 1 is 1.19 bits per heavy atom. The molecule has 0 aliphatic heterocycles. The number of methoxy groups -OCH3 is 1. The average molecular weight is 289 g/mol. The van der Waals surface area contributed by atoms with E-state index < -0.39 is 0 Å². The Balaban J connectivity index is 2.41. The summed E-state index contributed by atoms with van der Waals surface area (Å²) in [6, 6.07) is 4.66. The van der Waals surface area contributed by atoms with Gasteiger partial charge >= 0.3 is 0 Å². The van der Waals surface area contributed by atoms with E-state index in [0.29, 0.717) is 5.82 Å². The summed E-state index contributed by atoms with van der Waals surface area (Å²) >= 11 is 0. The number of nitrogens with one attached hydrogen (secondary N) is 1. The molecule has 0 radical (unpaired) electrons. The van der Waals surface area contributed by atoms with E-state index in [9.17, 15) is 4.39 Å². The monoisotopic (exact) mass is 289 g/mol. The summed E-state index contributed by atoms with van der Waals surface area (Å²) in [4.78, 5) is 9.09. The zero-order valence-electron chi connectivity index (χ0n) is 12.8. The fraction of sp³-hybridized carbons (Fsp3) is 0.375. The Morgan fingerprint density at radius 3 is 2.43 bits per heavy atom. The molecule has 0 saturated heterocycles. The number of hydrogen-bond donors (Lipinski definition) is 1. The highest BCUT2D eigenvalue weighted by Crippen LogP contribution is 2.25. The number of nitrogens with zero attached hydrogens (tertiary/aromatic N) is 2. The first-order valence-corrected chi connectivity index (χ1v) is 6.89. The quantitative estimate of drug-likeness (QED) is 0.919. The molecule has 112 valence electrons. The lowest BCUT2D eigenvalue weighted by atomic mass is 10.1. The zero-order valence-corrected chi connectivity index (χ0v) is 12.8. The van der Waals surface area contributed by atoms with Gasteiger partial charge in [0.25, 0.3) is 0 Å². The summed E-state index contributed by atoms with van der Waals surface area (Å²) in [5, 5.41) is 3.12. The van der Waals surface area contributed by atoms with Gasteiger partial charge in [0.2, 0.25) is 0 Å². The Labute approximate surface area is 124 Å². The SMILES string of the molecule is CNCCc1c(C)nc(-c2ccc(F)c(OC)c2)nc1C. The van der Waals surface area contributed by atoms with Crippen LogP contribution in [0.1, 0.15) is 17.0 Å². The van der Waals surface area contributed by atoms with Crippen molar-refractivity contribution >= 4 is 0 Å². The van der Waals surface area contributed by atoms with Gasteiger partial charge in [-0.15, -0.1) is 0 Å². The minimum absolute atomic E-state index is 0.200. The first-order chi connectivity index (χ1) is 10.1. The summed E-state index contributed by atoms with van der Waals surface area (Å²) in [6.45, 7) is 4.84. The number of likely N-dealkylation sites (N-methyl/N-ethyl adjacent to an activating group) is 1. The number of aryl methyl sites for hydroxylation is 2. The van der Waals surface area contributed by atoms with Crippen LogP contribution in [0.5, 0.6) is 5.75 Å². The fourth-order valence-electron chi connectivity index (χ4n) is 2.28. The van der Waals surface area contributed by atoms with Crippen molar-refractivity contribution in [1.29, 1.82) is 0 Å². The van der Waals surface area contributed by atoms with Crippen LogP contribution < -0.4 is 10.1 Å². The van der Waals surface area contributed by atoms with Gasteiger partial charge in [-0.1, -0.05) is 0 Å². The molecule has 0 amide bonds. The maximum absolute atomic E-state index is 13.5. The van der Waals surface area contributed by atoms with Crippen LogP contribution in [-0.4, -0.2) is 30.7 Å². The van der Waals surface area contributed by atoms with Crippen LogP contribution in [-0.2, 0) is 6.42 Å². The van der Waals surface area contributed by atoms with E-state index in [0.717, 1.165) is 35.5 Å². The number of aromatic nitrogens is 2. The number of ether oxygens (including phenoxy) is 1. The topological polar surface area (TPSA) is 47.0 Å². The fourth-order valence-corrected chi connectivity index (χ4v) is 2.28. The highest BCUT2D eigenvalue weighted by atomic mass is 19.1. The predicted molar refractivity (Wildman–Crippen MR) is 81.1 cm³/mol. The molecule has 0 aliphatic carbocycles. The second-order valence-corrected chi connectivity index (χ2v) is 4.90. The molecular weight excluding hydrogens is 269 g/mol. The molecule has 1 N–H and O–H groups in total. The lowest BCUT2D eigenvalue weighted by Gasteiger charge is -2.11. The number of hydrogen-bond acceptors (Lipinski definition) is 4. The van der Waals surface area contributed by atoms with E-state index in [1.54, 1.807) is 12.1 Å². The molecule has 0 bridgehead atoms. The van der Waals surface area contributed by atoms with Crippen LogP contribution in [0.25, 0.3) is 11.4 Å². The van der Waals surface area contributed by atoms with E-state index in [1.807, 2.05) is 20.9 Å². The molecule has 1 aromatic carbocycles. The Bertz CT molecular complexity index is 620. The van der Waals surface area contributed by atoms with Gasteiger partial charge in [-0.05, 0) is 57.6 Å². The number of rotatable bonds is 5. The molecule has 4 nitrogen and oxygen atoms in total. The summed E-state index contributed by atoms with van der Waals surface area (Å²) < 4.78 is 18.5. The average Bonchev–Trinajstić information content (AvgIpc) is 2.47. The molecule has 21 heavy (non-hydrogen) atoms. The standard InChI is InChI=1S/C16H20FN3O/c1-10-13(7-8-18-3)11(2)20-16(19-10)12-5-6-14(17)15(9-12)21-4/h5-6,9,18H,7-8H2,1-4H3. The zero-order chi connectivity index (χ0) is 15.4. The molecule has 0 spiro atoms. The van der Waals surface area contributed by atoms with Gasteiger partial charge < -0.3 is 10.1 Å². The third-order valence-corrected chi connectivity index (χ3v) is 3.46. The van der Waals surface area contributed by atoms with E-state index in [1.165, 1.54) is 13.2 Å². The largest absolute Gasteiger partial charge is 0.494 e. The molecule has 1 aromatic heterocycles. The van der Waals surface area contributed by atoms with Crippen LogP contribution in [0.3, 0.4) is 0 Å². The first-order valence-electron chi connectivity index (χ1n) is 6.89. The van der Waals surface area contributed by atoms with Crippen LogP contribution in [0.2, 0.25) is 0 Å². The highest BCUT2D eigenvalue weighted by Gasteiger charge is 2.12. The van der Waals surface area contributed by atoms with Gasteiger partial charge in [0.15, 0.2) is 17.4 Å². The maximum atomic E-state index is 13.5. The van der Waals surface area contributed by atoms with Gasteiger partial charge in [0, 0.05) is 17.0 Å². The number of benzene rings is 1. The second kappa shape index (κ2) is 6.63. The summed E-state index contributed by atoms with van der Waals surface area (Å²) in [5.74, 6) is 0.405. The van der Waals surface area contributed by atoms with Crippen LogP contribution in [0.15, 0.2) is 18.2 Å². The molecule has 0 aliphatic rings. The van der Waals surface area contributed by atoms with Crippen molar-refractivity contribution in [3.05, 3.63) is 41.0 Å². The van der Waals surface area contributed by atoms with Gasteiger partial charge in [0.1, 0.15) is 0 Å². The van der Waals surface area contributed by atoms with E-state index in [4.69, 9.17) is 4.74 Å². The van der Waals surface area contributed by atoms with Crippen LogP contribution in [0.4, 0.5) is 4.39 Å². The lowest BCUT2D eigenvalue weighted by molar-refractivity contribution is 0.386. The summed E-state index contributed by atoms with van der Waals surface area (Å²) in [5.41, 5.74) is 3.81. The Kier molecular flexibility index (Phi) is 4.85. The van der Waals surface area contributed by atoms with Crippen molar-refractivity contribution in [2.45, 2.75) is 20.3 Å². The van der Waals surface area contributed by atoms with Crippen molar-refractivity contribution in [2.75, 3.05) is 20.7 Å². The van der Waals surface area contributed by atoms with Crippen molar-refractivity contribution in [3.63, 3.8) is 0 Å². The third-order valence-electron chi connectivity index (χ3n) is 3.46. The molecule has 0 atom stereocenters. The summed E-state index contributed by atoms with van der Waals surface area (Å²) in [6.07, 6.45) is 0.890. The van der Waals surface area contributed by atoms with Crippen LogP contribution >= 0.6 is 0 Å². The molecule has 1 heterocycles. The van der Waals surface area contributed by atoms with Crippen molar-refractivity contribution in [1.82, 2.24) is 15.3 Å². The van der Waals surface area contributed by atoms with Crippen LogP contribution in [0, 0.1) is 19.7 Å². The molecule has 2 rings (SSSR count). The maximum Gasteiger partial charge on any atom is 0.165 e. The third kappa shape index (κ3) is 3.36. The van der Waals surface area contributed by atoms with E-state index in [2.05, 4.69) is 15.3 Å². The lowest BCUT2D eigenvalue weighted by Crippen LogP contribution is -2.13. The van der Waals surface area contributed by atoms with Gasteiger partial charge in [-0.25, -0.2) is 14.4 Å². The molecule has 5 heteroatoms. The molecule has 2 aromatic rings. The minimum atomic E-state index is -0.389. The van der Waals surface area contributed by atoms with Crippen molar-refractivity contribution in [2.24, 2.45) is 0 Å². The number of halogens is 1. The minimum Gasteiger partial charge on any atom is -0.494 e. The van der Waals surface area contributed by atoms with Crippen molar-refractivity contribution in [3.8, 4) is 17.1 Å². The predicted octanol–water partition coefficient (Wildman–Crippen LogP) is 2.67. The normalized spacial score (nSPS) is 10.7. The van der Waals surface area contributed by atoms with Gasteiger partial charge in [0.05, 0.1) is 7.11 Å².